The number of para-hydroxylation sites is 1. The van der Waals surface area contributed by atoms with Gasteiger partial charge in [-0.1, -0.05) is 24.3 Å². The molecule has 4 N–H and O–H groups in total. The zero-order valence-electron chi connectivity index (χ0n) is 19.9. The zero-order chi connectivity index (χ0) is 23.6. The minimum absolute atomic E-state index is 0. The maximum Gasteiger partial charge on any atom is 0.412 e. The summed E-state index contributed by atoms with van der Waals surface area (Å²) in [6, 6.07) is 13.0. The molecular formula is C24H35IN4O4. The van der Waals surface area contributed by atoms with Crippen molar-refractivity contribution >= 4 is 41.7 Å². The molecule has 2 rings (SSSR count). The van der Waals surface area contributed by atoms with Crippen LogP contribution in [-0.2, 0) is 17.7 Å². The van der Waals surface area contributed by atoms with Gasteiger partial charge in [0.05, 0.1) is 13.7 Å². The largest absolute Gasteiger partial charge is 0.504 e. The highest BCUT2D eigenvalue weighted by molar-refractivity contribution is 14.0. The number of hydrogen-bond donors (Lipinski definition) is 4. The lowest BCUT2D eigenvalue weighted by Crippen LogP contribution is -2.38. The molecule has 0 saturated heterocycles. The molecule has 0 aliphatic rings. The average Bonchev–Trinajstić information content (AvgIpc) is 2.72. The lowest BCUT2D eigenvalue weighted by atomic mass is 10.1. The van der Waals surface area contributed by atoms with E-state index in [4.69, 9.17) is 9.47 Å². The van der Waals surface area contributed by atoms with E-state index in [-0.39, 0.29) is 29.7 Å². The number of anilines is 1. The third-order valence-electron chi connectivity index (χ3n) is 4.36. The van der Waals surface area contributed by atoms with E-state index in [1.54, 1.807) is 6.07 Å². The Morgan fingerprint density at radius 3 is 2.39 bits per heavy atom. The summed E-state index contributed by atoms with van der Waals surface area (Å²) in [6.07, 6.45) is 0.308. The number of nitrogens with one attached hydrogen (secondary N) is 3. The average molecular weight is 570 g/mol. The maximum atomic E-state index is 11.9. The molecule has 0 fully saturated rings. The van der Waals surface area contributed by atoms with Gasteiger partial charge in [-0.05, 0) is 57.9 Å². The molecule has 0 aliphatic heterocycles. The van der Waals surface area contributed by atoms with Crippen molar-refractivity contribution < 1.29 is 19.4 Å². The molecule has 33 heavy (non-hydrogen) atoms. The van der Waals surface area contributed by atoms with Crippen LogP contribution >= 0.6 is 24.0 Å². The summed E-state index contributed by atoms with van der Waals surface area (Å²) >= 11 is 0. The van der Waals surface area contributed by atoms with Crippen molar-refractivity contribution in [2.75, 3.05) is 25.5 Å². The van der Waals surface area contributed by atoms with Crippen LogP contribution in [-0.4, -0.2) is 43.0 Å². The fraction of sp³-hybridized carbons (Fsp3) is 0.417. The van der Waals surface area contributed by atoms with E-state index in [0.717, 1.165) is 18.5 Å². The number of methoxy groups -OCH3 is 1. The van der Waals surface area contributed by atoms with Crippen LogP contribution in [0.5, 0.6) is 11.5 Å². The molecule has 0 atom stereocenters. The molecule has 1 amide bonds. The van der Waals surface area contributed by atoms with Crippen LogP contribution in [0.3, 0.4) is 0 Å². The van der Waals surface area contributed by atoms with Gasteiger partial charge in [0.25, 0.3) is 0 Å². The molecule has 0 spiro atoms. The quantitative estimate of drug-likeness (QED) is 0.209. The molecule has 2 aromatic carbocycles. The second kappa shape index (κ2) is 13.8. The van der Waals surface area contributed by atoms with Crippen molar-refractivity contribution in [2.45, 2.75) is 46.3 Å². The fourth-order valence-corrected chi connectivity index (χ4v) is 2.87. The minimum Gasteiger partial charge on any atom is -0.504 e. The smallest absolute Gasteiger partial charge is 0.412 e. The number of halogens is 1. The van der Waals surface area contributed by atoms with Gasteiger partial charge in [-0.25, -0.2) is 9.79 Å². The Morgan fingerprint density at radius 1 is 1.09 bits per heavy atom. The van der Waals surface area contributed by atoms with Crippen LogP contribution in [0.15, 0.2) is 47.5 Å². The van der Waals surface area contributed by atoms with E-state index in [1.165, 1.54) is 7.11 Å². The zero-order valence-corrected chi connectivity index (χ0v) is 22.2. The van der Waals surface area contributed by atoms with Crippen LogP contribution in [0.4, 0.5) is 10.5 Å². The van der Waals surface area contributed by atoms with Crippen LogP contribution in [0.1, 0.15) is 38.8 Å². The van der Waals surface area contributed by atoms with Crippen molar-refractivity contribution in [3.8, 4) is 11.5 Å². The SMILES string of the molecule is CCNC(=NCc1cccc(OC)c1O)NCCc1ccc(NC(=O)OC(C)(C)C)cc1.I. The lowest BCUT2D eigenvalue weighted by molar-refractivity contribution is 0.0636. The summed E-state index contributed by atoms with van der Waals surface area (Å²) in [4.78, 5) is 16.4. The molecule has 0 radical (unpaired) electrons. The number of guanidine groups is 1. The molecule has 9 heteroatoms. The number of amides is 1. The fourth-order valence-electron chi connectivity index (χ4n) is 2.87. The van der Waals surface area contributed by atoms with Crippen molar-refractivity contribution in [3.05, 3.63) is 53.6 Å². The standard InChI is InChI=1S/C24H34N4O4.HI/c1-6-25-22(27-16-18-8-7-9-20(31-5)21(18)29)26-15-14-17-10-12-19(13-11-17)28-23(30)32-24(2,3)4;/h7-13,29H,6,14-16H2,1-5H3,(H,28,30)(H2,25,26,27);1H. The summed E-state index contributed by atoms with van der Waals surface area (Å²) in [5, 5.41) is 19.4. The number of carbonyl (C=O) groups is 1. The Bertz CT molecular complexity index is 912. The minimum atomic E-state index is -0.535. The van der Waals surface area contributed by atoms with Gasteiger partial charge in [-0.2, -0.15) is 0 Å². The van der Waals surface area contributed by atoms with Crippen molar-refractivity contribution in [3.63, 3.8) is 0 Å². The predicted molar refractivity (Wildman–Crippen MR) is 143 cm³/mol. The maximum absolute atomic E-state index is 11.9. The molecule has 0 bridgehead atoms. The first-order valence-electron chi connectivity index (χ1n) is 10.7. The van der Waals surface area contributed by atoms with E-state index in [2.05, 4.69) is 20.9 Å². The van der Waals surface area contributed by atoms with Gasteiger partial charge in [0, 0.05) is 24.3 Å². The molecule has 0 unspecified atom stereocenters. The molecule has 8 nitrogen and oxygen atoms in total. The van der Waals surface area contributed by atoms with Crippen LogP contribution in [0.25, 0.3) is 0 Å². The summed E-state index contributed by atoms with van der Waals surface area (Å²) in [6.45, 7) is 9.20. The first-order chi connectivity index (χ1) is 15.2. The number of carbonyl (C=O) groups excluding carboxylic acids is 1. The highest BCUT2D eigenvalue weighted by atomic mass is 127. The first kappa shape index (κ1) is 28.3. The number of ether oxygens (including phenoxy) is 2. The number of benzene rings is 2. The summed E-state index contributed by atoms with van der Waals surface area (Å²) < 4.78 is 10.4. The van der Waals surface area contributed by atoms with Gasteiger partial charge < -0.3 is 25.2 Å². The summed E-state index contributed by atoms with van der Waals surface area (Å²) in [5.74, 6) is 1.20. The number of nitrogens with zero attached hydrogens (tertiary/aromatic N) is 1. The second-order valence-electron chi connectivity index (χ2n) is 8.16. The van der Waals surface area contributed by atoms with E-state index in [9.17, 15) is 9.90 Å². The number of aliphatic imine (C=N–C) groups is 1. The van der Waals surface area contributed by atoms with Crippen LogP contribution < -0.4 is 20.7 Å². The van der Waals surface area contributed by atoms with E-state index >= 15 is 0 Å². The molecule has 0 heterocycles. The van der Waals surface area contributed by atoms with Crippen molar-refractivity contribution in [1.29, 1.82) is 0 Å². The third-order valence-corrected chi connectivity index (χ3v) is 4.36. The number of phenolic OH excluding ortho intramolecular Hbond substituents is 1. The number of hydrogen-bond acceptors (Lipinski definition) is 5. The van der Waals surface area contributed by atoms with E-state index in [0.29, 0.717) is 36.0 Å². The monoisotopic (exact) mass is 570 g/mol. The van der Waals surface area contributed by atoms with Gasteiger partial charge in [0.2, 0.25) is 0 Å². The second-order valence-corrected chi connectivity index (χ2v) is 8.16. The Hall–Kier alpha value is -2.69. The van der Waals surface area contributed by atoms with Crippen LogP contribution in [0, 0.1) is 0 Å². The Balaban J connectivity index is 0.00000544. The van der Waals surface area contributed by atoms with Gasteiger partial charge in [-0.15, -0.1) is 24.0 Å². The van der Waals surface area contributed by atoms with Crippen LogP contribution in [0.2, 0.25) is 0 Å². The molecule has 182 valence electrons. The lowest BCUT2D eigenvalue weighted by Gasteiger charge is -2.19. The van der Waals surface area contributed by atoms with Crippen molar-refractivity contribution in [1.82, 2.24) is 10.6 Å². The van der Waals surface area contributed by atoms with E-state index in [1.807, 2.05) is 64.1 Å². The normalized spacial score (nSPS) is 11.2. The van der Waals surface area contributed by atoms with Gasteiger partial charge >= 0.3 is 6.09 Å². The van der Waals surface area contributed by atoms with Gasteiger partial charge in [0.1, 0.15) is 5.60 Å². The summed E-state index contributed by atoms with van der Waals surface area (Å²) in [5.41, 5.74) is 1.96. The Morgan fingerprint density at radius 2 is 1.79 bits per heavy atom. The third kappa shape index (κ3) is 10.2. The topological polar surface area (TPSA) is 104 Å². The molecule has 2 aromatic rings. The number of aromatic hydroxyl groups is 1. The molecule has 0 saturated carbocycles. The summed E-state index contributed by atoms with van der Waals surface area (Å²) in [7, 11) is 1.52. The first-order valence-corrected chi connectivity index (χ1v) is 10.7. The molecule has 0 aromatic heterocycles. The van der Waals surface area contributed by atoms with Gasteiger partial charge in [-0.3, -0.25) is 5.32 Å². The van der Waals surface area contributed by atoms with Gasteiger partial charge in [0.15, 0.2) is 17.5 Å². The Labute approximate surface area is 213 Å². The highest BCUT2D eigenvalue weighted by Gasteiger charge is 2.16. The Kier molecular flexibility index (Phi) is 11.8. The highest BCUT2D eigenvalue weighted by Crippen LogP contribution is 2.29. The molecule has 0 aliphatic carbocycles. The predicted octanol–water partition coefficient (Wildman–Crippen LogP) is 4.66. The van der Waals surface area contributed by atoms with E-state index < -0.39 is 11.7 Å². The number of rotatable bonds is 8. The molecular weight excluding hydrogens is 535 g/mol. The van der Waals surface area contributed by atoms with Crippen molar-refractivity contribution in [2.24, 2.45) is 4.99 Å². The number of phenols is 1.